The molecule has 2 aromatic carbocycles. The molecule has 4 heteroatoms. The molecule has 1 heterocycles. The van der Waals surface area contributed by atoms with E-state index in [9.17, 15) is 5.11 Å². The van der Waals surface area contributed by atoms with Crippen molar-refractivity contribution in [2.45, 2.75) is 25.9 Å². The molecular weight excluding hydrogens is 300 g/mol. The van der Waals surface area contributed by atoms with Crippen molar-refractivity contribution in [1.82, 2.24) is 10.3 Å². The van der Waals surface area contributed by atoms with Gasteiger partial charge < -0.3 is 14.8 Å². The standard InChI is InChI=1S/C20H22N2O2/c1-15-19(22-20(24-15)17-10-6-3-7-11-17)14-21-18(12-13-23)16-8-4-2-5-9-16/h2-11,18,21,23H,12-14H2,1H3. The number of aromatic nitrogens is 1. The van der Waals surface area contributed by atoms with Crippen molar-refractivity contribution < 1.29 is 9.52 Å². The molecule has 0 aliphatic carbocycles. The highest BCUT2D eigenvalue weighted by Crippen LogP contribution is 2.22. The van der Waals surface area contributed by atoms with Crippen molar-refractivity contribution in [3.05, 3.63) is 77.7 Å². The number of rotatable bonds is 7. The smallest absolute Gasteiger partial charge is 0.226 e. The SMILES string of the molecule is Cc1oc(-c2ccccc2)nc1CNC(CCO)c1ccccc1. The van der Waals surface area contributed by atoms with Crippen molar-refractivity contribution in [1.29, 1.82) is 0 Å². The van der Waals surface area contributed by atoms with Gasteiger partial charge in [0.15, 0.2) is 0 Å². The molecule has 0 bridgehead atoms. The van der Waals surface area contributed by atoms with Crippen LogP contribution in [0.3, 0.4) is 0 Å². The molecule has 1 aromatic heterocycles. The van der Waals surface area contributed by atoms with Crippen molar-refractivity contribution in [2.75, 3.05) is 6.61 Å². The zero-order valence-electron chi connectivity index (χ0n) is 13.8. The fourth-order valence-electron chi connectivity index (χ4n) is 2.72. The van der Waals surface area contributed by atoms with Crippen LogP contribution in [-0.4, -0.2) is 16.7 Å². The van der Waals surface area contributed by atoms with Gasteiger partial charge in [-0.15, -0.1) is 0 Å². The first kappa shape index (κ1) is 16.4. The van der Waals surface area contributed by atoms with Gasteiger partial charge in [0, 0.05) is 24.8 Å². The maximum absolute atomic E-state index is 9.33. The van der Waals surface area contributed by atoms with E-state index >= 15 is 0 Å². The van der Waals surface area contributed by atoms with E-state index in [1.54, 1.807) is 0 Å². The van der Waals surface area contributed by atoms with Gasteiger partial charge in [-0.25, -0.2) is 4.98 Å². The Morgan fingerprint density at radius 3 is 2.38 bits per heavy atom. The number of aryl methyl sites for hydroxylation is 1. The first-order valence-electron chi connectivity index (χ1n) is 8.19. The Morgan fingerprint density at radius 2 is 1.71 bits per heavy atom. The van der Waals surface area contributed by atoms with Crippen molar-refractivity contribution in [2.24, 2.45) is 0 Å². The van der Waals surface area contributed by atoms with Crippen LogP contribution in [0.25, 0.3) is 11.5 Å². The monoisotopic (exact) mass is 322 g/mol. The predicted molar refractivity (Wildman–Crippen MR) is 94.4 cm³/mol. The van der Waals surface area contributed by atoms with Gasteiger partial charge in [0.25, 0.3) is 0 Å². The van der Waals surface area contributed by atoms with Crippen LogP contribution in [-0.2, 0) is 6.54 Å². The second kappa shape index (κ2) is 7.90. The second-order valence-corrected chi connectivity index (χ2v) is 5.74. The Morgan fingerprint density at radius 1 is 1.04 bits per heavy atom. The minimum Gasteiger partial charge on any atom is -0.441 e. The Bertz CT molecular complexity index is 754. The molecule has 1 unspecified atom stereocenters. The van der Waals surface area contributed by atoms with E-state index in [0.717, 1.165) is 22.6 Å². The van der Waals surface area contributed by atoms with Crippen LogP contribution in [0.15, 0.2) is 65.1 Å². The van der Waals surface area contributed by atoms with Crippen molar-refractivity contribution in [3.63, 3.8) is 0 Å². The molecular formula is C20H22N2O2. The molecule has 1 atom stereocenters. The number of hydrogen-bond donors (Lipinski definition) is 2. The van der Waals surface area contributed by atoms with Gasteiger partial charge in [0.1, 0.15) is 5.76 Å². The average Bonchev–Trinajstić information content (AvgIpc) is 3.01. The summed E-state index contributed by atoms with van der Waals surface area (Å²) in [6.07, 6.45) is 0.659. The molecule has 24 heavy (non-hydrogen) atoms. The van der Waals surface area contributed by atoms with E-state index in [2.05, 4.69) is 22.4 Å². The van der Waals surface area contributed by atoms with Gasteiger partial charge in [0.05, 0.1) is 5.69 Å². The second-order valence-electron chi connectivity index (χ2n) is 5.74. The third-order valence-corrected chi connectivity index (χ3v) is 4.05. The van der Waals surface area contributed by atoms with Crippen LogP contribution in [0.2, 0.25) is 0 Å². The van der Waals surface area contributed by atoms with Gasteiger partial charge >= 0.3 is 0 Å². The van der Waals surface area contributed by atoms with Crippen LogP contribution in [0.5, 0.6) is 0 Å². The number of benzene rings is 2. The number of aliphatic hydroxyl groups excluding tert-OH is 1. The molecule has 3 aromatic rings. The first-order chi connectivity index (χ1) is 11.8. The lowest BCUT2D eigenvalue weighted by Gasteiger charge is -2.17. The van der Waals surface area contributed by atoms with Crippen LogP contribution in [0.1, 0.15) is 29.5 Å². The summed E-state index contributed by atoms with van der Waals surface area (Å²) in [7, 11) is 0. The third-order valence-electron chi connectivity index (χ3n) is 4.05. The van der Waals surface area contributed by atoms with E-state index in [1.165, 1.54) is 0 Å². The maximum atomic E-state index is 9.33. The molecule has 0 spiro atoms. The van der Waals surface area contributed by atoms with Gasteiger partial charge in [-0.05, 0) is 31.0 Å². The summed E-state index contributed by atoms with van der Waals surface area (Å²) in [5.74, 6) is 1.46. The summed E-state index contributed by atoms with van der Waals surface area (Å²) in [6.45, 7) is 2.67. The van der Waals surface area contributed by atoms with Gasteiger partial charge in [0.2, 0.25) is 5.89 Å². The summed E-state index contributed by atoms with van der Waals surface area (Å²) >= 11 is 0. The normalized spacial score (nSPS) is 12.2. The summed E-state index contributed by atoms with van der Waals surface area (Å²) < 4.78 is 5.80. The number of aliphatic hydroxyl groups is 1. The molecule has 124 valence electrons. The molecule has 4 nitrogen and oxygen atoms in total. The van der Waals surface area contributed by atoms with Crippen LogP contribution >= 0.6 is 0 Å². The maximum Gasteiger partial charge on any atom is 0.226 e. The summed E-state index contributed by atoms with van der Waals surface area (Å²) in [5, 5.41) is 12.8. The number of oxazole rings is 1. The van der Waals surface area contributed by atoms with Gasteiger partial charge in [-0.3, -0.25) is 0 Å². The Balaban J connectivity index is 1.72. The highest BCUT2D eigenvalue weighted by molar-refractivity contribution is 5.53. The largest absolute Gasteiger partial charge is 0.441 e. The fraction of sp³-hybridized carbons (Fsp3) is 0.250. The Labute approximate surface area is 142 Å². The van der Waals surface area contributed by atoms with Crippen LogP contribution in [0, 0.1) is 6.92 Å². The molecule has 0 aliphatic rings. The topological polar surface area (TPSA) is 58.3 Å². The van der Waals surface area contributed by atoms with Crippen LogP contribution < -0.4 is 5.32 Å². The molecule has 0 saturated carbocycles. The average molecular weight is 322 g/mol. The molecule has 0 fully saturated rings. The zero-order chi connectivity index (χ0) is 16.8. The van der Waals surface area contributed by atoms with E-state index in [4.69, 9.17) is 4.42 Å². The Kier molecular flexibility index (Phi) is 5.41. The van der Waals surface area contributed by atoms with E-state index in [1.807, 2.05) is 55.5 Å². The van der Waals surface area contributed by atoms with Crippen molar-refractivity contribution in [3.8, 4) is 11.5 Å². The van der Waals surface area contributed by atoms with Gasteiger partial charge in [-0.2, -0.15) is 0 Å². The lowest BCUT2D eigenvalue weighted by molar-refractivity contribution is 0.265. The number of nitrogens with one attached hydrogen (secondary N) is 1. The van der Waals surface area contributed by atoms with E-state index in [0.29, 0.717) is 18.9 Å². The fourth-order valence-corrected chi connectivity index (χ4v) is 2.72. The molecule has 0 radical (unpaired) electrons. The lowest BCUT2D eigenvalue weighted by Crippen LogP contribution is -2.22. The molecule has 2 N–H and O–H groups in total. The molecule has 0 saturated heterocycles. The Hall–Kier alpha value is -2.43. The van der Waals surface area contributed by atoms with Gasteiger partial charge in [-0.1, -0.05) is 48.5 Å². The minimum absolute atomic E-state index is 0.0903. The predicted octanol–water partition coefficient (Wildman–Crippen LogP) is 3.86. The summed E-state index contributed by atoms with van der Waals surface area (Å²) in [4.78, 5) is 4.61. The first-order valence-corrected chi connectivity index (χ1v) is 8.19. The number of hydrogen-bond acceptors (Lipinski definition) is 4. The third kappa shape index (κ3) is 3.91. The van der Waals surface area contributed by atoms with E-state index < -0.39 is 0 Å². The molecule has 0 aliphatic heterocycles. The quantitative estimate of drug-likeness (QED) is 0.693. The minimum atomic E-state index is 0.0903. The van der Waals surface area contributed by atoms with E-state index in [-0.39, 0.29) is 12.6 Å². The summed E-state index contributed by atoms with van der Waals surface area (Å²) in [6, 6.07) is 20.1. The van der Waals surface area contributed by atoms with Crippen LogP contribution in [0.4, 0.5) is 0 Å². The summed E-state index contributed by atoms with van der Waals surface area (Å²) in [5.41, 5.74) is 3.03. The lowest BCUT2D eigenvalue weighted by atomic mass is 10.0. The number of nitrogens with zero attached hydrogens (tertiary/aromatic N) is 1. The molecule has 3 rings (SSSR count). The van der Waals surface area contributed by atoms with Crippen molar-refractivity contribution >= 4 is 0 Å². The highest BCUT2D eigenvalue weighted by Gasteiger charge is 2.14. The molecule has 0 amide bonds. The zero-order valence-corrected chi connectivity index (χ0v) is 13.8. The highest BCUT2D eigenvalue weighted by atomic mass is 16.4.